The van der Waals surface area contributed by atoms with E-state index in [2.05, 4.69) is 4.90 Å². The Bertz CT molecular complexity index is 554. The Labute approximate surface area is 119 Å². The first kappa shape index (κ1) is 14.6. The number of hydrogen-bond acceptors (Lipinski definition) is 4. The van der Waals surface area contributed by atoms with Crippen molar-refractivity contribution in [1.82, 2.24) is 9.21 Å². The van der Waals surface area contributed by atoms with E-state index in [1.54, 1.807) is 6.07 Å². The fourth-order valence-electron chi connectivity index (χ4n) is 2.15. The molecule has 0 spiro atoms. The van der Waals surface area contributed by atoms with Gasteiger partial charge in [0.15, 0.2) is 0 Å². The Morgan fingerprint density at radius 2 is 1.89 bits per heavy atom. The van der Waals surface area contributed by atoms with Crippen LogP contribution in [0, 0.1) is 0 Å². The van der Waals surface area contributed by atoms with Gasteiger partial charge in [-0.15, -0.1) is 0 Å². The molecule has 0 bridgehead atoms. The number of halogens is 1. The van der Waals surface area contributed by atoms with Gasteiger partial charge in [0, 0.05) is 43.4 Å². The molecule has 1 aromatic rings. The Hall–Kier alpha value is -0.820. The molecular weight excluding hydrogens is 286 g/mol. The number of rotatable bonds is 3. The van der Waals surface area contributed by atoms with E-state index >= 15 is 0 Å². The lowest BCUT2D eigenvalue weighted by molar-refractivity contribution is 0.182. The summed E-state index contributed by atoms with van der Waals surface area (Å²) >= 11 is 6.14. The van der Waals surface area contributed by atoms with E-state index in [0.717, 1.165) is 12.1 Å². The van der Waals surface area contributed by atoms with Crippen LogP contribution in [0.15, 0.2) is 18.2 Å². The van der Waals surface area contributed by atoms with Gasteiger partial charge in [0.05, 0.1) is 6.26 Å². The van der Waals surface area contributed by atoms with Gasteiger partial charge in [-0.05, 0) is 17.7 Å². The number of nitrogens with two attached hydrogens (primary N) is 1. The molecule has 0 radical (unpaired) electrons. The standard InChI is InChI=1S/C12H18ClN3O2S/c1-19(17,18)16-6-4-15(5-7-16)9-10-2-3-11(14)8-12(10)13/h2-3,8H,4-7,9,14H2,1H3. The number of anilines is 1. The normalized spacial score (nSPS) is 18.6. The number of nitrogens with zero attached hydrogens (tertiary/aromatic N) is 2. The van der Waals surface area contributed by atoms with Crippen molar-refractivity contribution < 1.29 is 8.42 Å². The van der Waals surface area contributed by atoms with Crippen LogP contribution < -0.4 is 5.73 Å². The van der Waals surface area contributed by atoms with Crippen LogP contribution in [0.5, 0.6) is 0 Å². The zero-order valence-corrected chi connectivity index (χ0v) is 12.4. The average Bonchev–Trinajstić information content (AvgIpc) is 2.32. The van der Waals surface area contributed by atoms with Crippen molar-refractivity contribution in [2.45, 2.75) is 6.54 Å². The highest BCUT2D eigenvalue weighted by molar-refractivity contribution is 7.88. The molecule has 1 heterocycles. The fraction of sp³-hybridized carbons (Fsp3) is 0.500. The van der Waals surface area contributed by atoms with E-state index < -0.39 is 10.0 Å². The number of benzene rings is 1. The van der Waals surface area contributed by atoms with Crippen LogP contribution in [0.25, 0.3) is 0 Å². The van der Waals surface area contributed by atoms with Gasteiger partial charge >= 0.3 is 0 Å². The van der Waals surface area contributed by atoms with E-state index in [0.29, 0.717) is 36.9 Å². The molecule has 0 saturated carbocycles. The molecule has 0 aliphatic carbocycles. The Morgan fingerprint density at radius 3 is 2.42 bits per heavy atom. The highest BCUT2D eigenvalue weighted by Gasteiger charge is 2.23. The zero-order chi connectivity index (χ0) is 14.0. The molecule has 0 atom stereocenters. The third kappa shape index (κ3) is 3.82. The van der Waals surface area contributed by atoms with Crippen LogP contribution in [-0.2, 0) is 16.6 Å². The summed E-state index contributed by atoms with van der Waals surface area (Å²) in [5, 5.41) is 0.658. The number of nitrogen functional groups attached to an aromatic ring is 1. The van der Waals surface area contributed by atoms with Crippen molar-refractivity contribution in [2.75, 3.05) is 38.2 Å². The Balaban J connectivity index is 1.96. The van der Waals surface area contributed by atoms with Crippen LogP contribution in [-0.4, -0.2) is 50.1 Å². The molecular formula is C12H18ClN3O2S. The van der Waals surface area contributed by atoms with Crippen LogP contribution in [0.2, 0.25) is 5.02 Å². The maximum atomic E-state index is 11.4. The molecule has 1 fully saturated rings. The lowest BCUT2D eigenvalue weighted by Crippen LogP contribution is -2.47. The zero-order valence-electron chi connectivity index (χ0n) is 10.8. The maximum Gasteiger partial charge on any atom is 0.211 e. The first-order valence-electron chi connectivity index (χ1n) is 6.07. The van der Waals surface area contributed by atoms with Crippen LogP contribution >= 0.6 is 11.6 Å². The summed E-state index contributed by atoms with van der Waals surface area (Å²) in [7, 11) is -3.07. The van der Waals surface area contributed by atoms with E-state index in [9.17, 15) is 8.42 Å². The molecule has 19 heavy (non-hydrogen) atoms. The summed E-state index contributed by atoms with van der Waals surface area (Å²) < 4.78 is 24.3. The van der Waals surface area contributed by atoms with Crippen LogP contribution in [0.4, 0.5) is 5.69 Å². The molecule has 0 aromatic heterocycles. The molecule has 1 aliphatic heterocycles. The predicted molar refractivity (Wildman–Crippen MR) is 77.6 cm³/mol. The quantitative estimate of drug-likeness (QED) is 0.846. The second-order valence-electron chi connectivity index (χ2n) is 4.79. The van der Waals surface area contributed by atoms with Gasteiger partial charge in [-0.3, -0.25) is 4.90 Å². The van der Waals surface area contributed by atoms with Gasteiger partial charge in [0.1, 0.15) is 0 Å². The molecule has 0 unspecified atom stereocenters. The minimum absolute atomic E-state index is 0.533. The molecule has 7 heteroatoms. The highest BCUT2D eigenvalue weighted by atomic mass is 35.5. The molecule has 5 nitrogen and oxygen atoms in total. The van der Waals surface area contributed by atoms with Gasteiger partial charge in [0.2, 0.25) is 10.0 Å². The third-order valence-electron chi connectivity index (χ3n) is 3.27. The molecule has 1 saturated heterocycles. The largest absolute Gasteiger partial charge is 0.399 e. The topological polar surface area (TPSA) is 66.6 Å². The van der Waals surface area contributed by atoms with Gasteiger partial charge in [0.25, 0.3) is 0 Å². The van der Waals surface area contributed by atoms with Crippen molar-refractivity contribution in [3.05, 3.63) is 28.8 Å². The average molecular weight is 304 g/mol. The SMILES string of the molecule is CS(=O)(=O)N1CCN(Cc2ccc(N)cc2Cl)CC1. The van der Waals surface area contributed by atoms with Gasteiger partial charge in [-0.25, -0.2) is 8.42 Å². The third-order valence-corrected chi connectivity index (χ3v) is 4.93. The minimum Gasteiger partial charge on any atom is -0.399 e. The molecule has 1 aliphatic rings. The predicted octanol–water partition coefficient (Wildman–Crippen LogP) is 0.999. The summed E-state index contributed by atoms with van der Waals surface area (Å²) in [6, 6.07) is 5.48. The van der Waals surface area contributed by atoms with Gasteiger partial charge in [-0.2, -0.15) is 4.31 Å². The first-order valence-corrected chi connectivity index (χ1v) is 8.30. The lowest BCUT2D eigenvalue weighted by atomic mass is 10.2. The summed E-state index contributed by atoms with van der Waals surface area (Å²) in [5.41, 5.74) is 7.32. The Morgan fingerprint density at radius 1 is 1.26 bits per heavy atom. The Kier molecular flexibility index (Phi) is 4.35. The molecule has 1 aromatic carbocycles. The monoisotopic (exact) mass is 303 g/mol. The van der Waals surface area contributed by atoms with Crippen molar-refractivity contribution in [3.63, 3.8) is 0 Å². The summed E-state index contributed by atoms with van der Waals surface area (Å²) in [6.45, 7) is 3.22. The van der Waals surface area contributed by atoms with Crippen LogP contribution in [0.1, 0.15) is 5.56 Å². The lowest BCUT2D eigenvalue weighted by Gasteiger charge is -2.33. The summed E-state index contributed by atoms with van der Waals surface area (Å²) in [6.07, 6.45) is 1.25. The summed E-state index contributed by atoms with van der Waals surface area (Å²) in [5.74, 6) is 0. The van der Waals surface area contributed by atoms with E-state index in [1.165, 1.54) is 10.6 Å². The summed E-state index contributed by atoms with van der Waals surface area (Å²) in [4.78, 5) is 2.19. The first-order chi connectivity index (χ1) is 8.86. The van der Waals surface area contributed by atoms with Crippen molar-refractivity contribution >= 4 is 27.3 Å². The molecule has 0 amide bonds. The van der Waals surface area contributed by atoms with Gasteiger partial charge < -0.3 is 5.73 Å². The van der Waals surface area contributed by atoms with Gasteiger partial charge in [-0.1, -0.05) is 17.7 Å². The molecule has 2 N–H and O–H groups in total. The second-order valence-corrected chi connectivity index (χ2v) is 7.18. The van der Waals surface area contributed by atoms with E-state index in [1.807, 2.05) is 12.1 Å². The number of piperazine rings is 1. The minimum atomic E-state index is -3.07. The maximum absolute atomic E-state index is 11.4. The van der Waals surface area contributed by atoms with E-state index in [4.69, 9.17) is 17.3 Å². The molecule has 2 rings (SSSR count). The smallest absolute Gasteiger partial charge is 0.211 e. The van der Waals surface area contributed by atoms with Crippen LogP contribution in [0.3, 0.4) is 0 Å². The van der Waals surface area contributed by atoms with Crippen molar-refractivity contribution in [3.8, 4) is 0 Å². The number of hydrogen-bond donors (Lipinski definition) is 1. The highest BCUT2D eigenvalue weighted by Crippen LogP contribution is 2.21. The second kappa shape index (κ2) is 5.66. The molecule has 106 valence electrons. The van der Waals surface area contributed by atoms with Crippen molar-refractivity contribution in [2.24, 2.45) is 0 Å². The fourth-order valence-corrected chi connectivity index (χ4v) is 3.23. The number of sulfonamides is 1. The van der Waals surface area contributed by atoms with E-state index in [-0.39, 0.29) is 0 Å². The van der Waals surface area contributed by atoms with Crippen molar-refractivity contribution in [1.29, 1.82) is 0 Å².